The number of carbonyl (C=O) groups excluding carboxylic acids is 1. The third kappa shape index (κ3) is 3.39. The highest BCUT2D eigenvalue weighted by Crippen LogP contribution is 2.35. The fourth-order valence-electron chi connectivity index (χ4n) is 2.42. The predicted octanol–water partition coefficient (Wildman–Crippen LogP) is 1.76. The summed E-state index contributed by atoms with van der Waals surface area (Å²) in [6.45, 7) is 2.55. The average molecular weight is 244 g/mol. The van der Waals surface area contributed by atoms with Crippen molar-refractivity contribution >= 4 is 17.7 Å². The summed E-state index contributed by atoms with van der Waals surface area (Å²) in [4.78, 5) is 12.2. The van der Waals surface area contributed by atoms with Crippen LogP contribution in [-0.4, -0.2) is 30.5 Å². The summed E-state index contributed by atoms with van der Waals surface area (Å²) >= 11 is 1.76. The van der Waals surface area contributed by atoms with Gasteiger partial charge in [-0.15, -0.1) is 0 Å². The van der Waals surface area contributed by atoms with Crippen molar-refractivity contribution in [2.24, 2.45) is 11.1 Å². The fraction of sp³-hybridized carbons (Fsp3) is 0.917. The second-order valence-electron chi connectivity index (χ2n) is 4.87. The van der Waals surface area contributed by atoms with E-state index in [1.807, 2.05) is 0 Å². The molecule has 1 aliphatic carbocycles. The molecule has 0 bridgehead atoms. The van der Waals surface area contributed by atoms with Crippen molar-refractivity contribution in [3.8, 4) is 0 Å². The molecule has 94 valence electrons. The fourth-order valence-corrected chi connectivity index (χ4v) is 3.00. The average Bonchev–Trinajstić information content (AvgIpc) is 2.30. The lowest BCUT2D eigenvalue weighted by Crippen LogP contribution is -2.50. The molecule has 0 radical (unpaired) electrons. The molecule has 1 unspecified atom stereocenters. The van der Waals surface area contributed by atoms with Crippen molar-refractivity contribution in [3.63, 3.8) is 0 Å². The van der Waals surface area contributed by atoms with Crippen molar-refractivity contribution in [2.45, 2.75) is 45.1 Å². The Hall–Kier alpha value is -0.220. The first kappa shape index (κ1) is 13.8. The number of amides is 1. The first-order valence-corrected chi connectivity index (χ1v) is 7.54. The molecule has 0 saturated heterocycles. The lowest BCUT2D eigenvalue weighted by molar-refractivity contribution is -0.132. The normalized spacial score (nSPS) is 21.4. The highest BCUT2D eigenvalue weighted by Gasteiger charge is 2.38. The summed E-state index contributed by atoms with van der Waals surface area (Å²) < 4.78 is 0. The van der Waals surface area contributed by atoms with Gasteiger partial charge in [-0.1, -0.05) is 19.3 Å². The van der Waals surface area contributed by atoms with Crippen molar-refractivity contribution in [2.75, 3.05) is 18.6 Å². The van der Waals surface area contributed by atoms with Gasteiger partial charge in [-0.3, -0.25) is 4.79 Å². The van der Waals surface area contributed by atoms with E-state index in [2.05, 4.69) is 18.5 Å². The Morgan fingerprint density at radius 1 is 1.44 bits per heavy atom. The minimum atomic E-state index is -0.273. The van der Waals surface area contributed by atoms with Gasteiger partial charge >= 0.3 is 0 Å². The third-order valence-electron chi connectivity index (χ3n) is 3.48. The molecular weight excluding hydrogens is 220 g/mol. The highest BCUT2D eigenvalue weighted by atomic mass is 32.2. The summed E-state index contributed by atoms with van der Waals surface area (Å²) in [6, 6.07) is 0.243. The highest BCUT2D eigenvalue weighted by molar-refractivity contribution is 7.98. The van der Waals surface area contributed by atoms with Gasteiger partial charge in [-0.2, -0.15) is 11.8 Å². The van der Waals surface area contributed by atoms with Crippen LogP contribution < -0.4 is 11.1 Å². The van der Waals surface area contributed by atoms with E-state index < -0.39 is 0 Å². The van der Waals surface area contributed by atoms with E-state index in [0.717, 1.165) is 31.4 Å². The molecule has 1 saturated carbocycles. The first-order chi connectivity index (χ1) is 7.64. The molecular formula is C12H24N2OS. The molecule has 16 heavy (non-hydrogen) atoms. The van der Waals surface area contributed by atoms with Gasteiger partial charge in [0.2, 0.25) is 5.91 Å². The van der Waals surface area contributed by atoms with E-state index in [4.69, 9.17) is 5.73 Å². The van der Waals surface area contributed by atoms with Gasteiger partial charge in [0.25, 0.3) is 0 Å². The molecule has 1 rings (SSSR count). The molecule has 1 atom stereocenters. The monoisotopic (exact) mass is 244 g/mol. The van der Waals surface area contributed by atoms with Crippen molar-refractivity contribution in [1.29, 1.82) is 0 Å². The maximum atomic E-state index is 12.2. The van der Waals surface area contributed by atoms with Crippen LogP contribution in [0.2, 0.25) is 0 Å². The molecule has 0 spiro atoms. The van der Waals surface area contributed by atoms with Gasteiger partial charge in [-0.25, -0.2) is 0 Å². The largest absolute Gasteiger partial charge is 0.352 e. The standard InChI is InChI=1S/C12H24N2OS/c1-10(8-16-2)14-11(15)12(9-13)6-4-3-5-7-12/h10H,3-9,13H2,1-2H3,(H,14,15). The molecule has 3 N–H and O–H groups in total. The Labute approximate surface area is 103 Å². The lowest BCUT2D eigenvalue weighted by atomic mass is 9.73. The van der Waals surface area contributed by atoms with Crippen LogP contribution in [0.25, 0.3) is 0 Å². The van der Waals surface area contributed by atoms with Crippen LogP contribution >= 0.6 is 11.8 Å². The van der Waals surface area contributed by atoms with Crippen LogP contribution in [0, 0.1) is 5.41 Å². The molecule has 0 aromatic rings. The lowest BCUT2D eigenvalue weighted by Gasteiger charge is -2.35. The first-order valence-electron chi connectivity index (χ1n) is 6.14. The van der Waals surface area contributed by atoms with Crippen molar-refractivity contribution in [3.05, 3.63) is 0 Å². The van der Waals surface area contributed by atoms with Crippen LogP contribution in [0.1, 0.15) is 39.0 Å². The number of carbonyl (C=O) groups is 1. The zero-order valence-corrected chi connectivity index (χ0v) is 11.2. The number of thioether (sulfide) groups is 1. The van der Waals surface area contributed by atoms with E-state index in [1.54, 1.807) is 11.8 Å². The molecule has 0 aromatic carbocycles. The number of nitrogens with one attached hydrogen (secondary N) is 1. The van der Waals surface area contributed by atoms with Crippen LogP contribution in [0.5, 0.6) is 0 Å². The van der Waals surface area contributed by atoms with E-state index in [9.17, 15) is 4.79 Å². The second kappa shape index (κ2) is 6.50. The van der Waals surface area contributed by atoms with E-state index in [0.29, 0.717) is 6.54 Å². The third-order valence-corrected chi connectivity index (χ3v) is 4.31. The summed E-state index contributed by atoms with van der Waals surface area (Å²) in [6.07, 6.45) is 7.50. The quantitative estimate of drug-likeness (QED) is 0.775. The van der Waals surface area contributed by atoms with Gasteiger partial charge in [0.15, 0.2) is 0 Å². The van der Waals surface area contributed by atoms with E-state index in [-0.39, 0.29) is 17.4 Å². The number of hydrogen-bond donors (Lipinski definition) is 2. The molecule has 3 nitrogen and oxygen atoms in total. The number of hydrogen-bond acceptors (Lipinski definition) is 3. The molecule has 0 heterocycles. The summed E-state index contributed by atoms with van der Waals surface area (Å²) in [5.41, 5.74) is 5.55. The summed E-state index contributed by atoms with van der Waals surface area (Å²) in [5.74, 6) is 1.14. The van der Waals surface area contributed by atoms with Gasteiger partial charge < -0.3 is 11.1 Å². The SMILES string of the molecule is CSCC(C)NC(=O)C1(CN)CCCCC1. The smallest absolute Gasteiger partial charge is 0.227 e. The number of rotatable bonds is 5. The molecule has 1 amide bonds. The Bertz CT molecular complexity index is 227. The van der Waals surface area contributed by atoms with Gasteiger partial charge in [0, 0.05) is 18.3 Å². The van der Waals surface area contributed by atoms with Crippen LogP contribution in [-0.2, 0) is 4.79 Å². The zero-order chi connectivity index (χ0) is 12.0. The summed E-state index contributed by atoms with van der Waals surface area (Å²) in [7, 11) is 0. The summed E-state index contributed by atoms with van der Waals surface area (Å²) in [5, 5.41) is 3.10. The maximum Gasteiger partial charge on any atom is 0.227 e. The second-order valence-corrected chi connectivity index (χ2v) is 5.79. The topological polar surface area (TPSA) is 55.1 Å². The van der Waals surface area contributed by atoms with Gasteiger partial charge in [-0.05, 0) is 26.0 Å². The Kier molecular flexibility index (Phi) is 5.62. The van der Waals surface area contributed by atoms with E-state index >= 15 is 0 Å². The molecule has 1 fully saturated rings. The van der Waals surface area contributed by atoms with Crippen LogP contribution in [0.4, 0.5) is 0 Å². The van der Waals surface area contributed by atoms with Crippen molar-refractivity contribution in [1.82, 2.24) is 5.32 Å². The Morgan fingerprint density at radius 2 is 2.06 bits per heavy atom. The number of nitrogens with two attached hydrogens (primary N) is 1. The Morgan fingerprint density at radius 3 is 2.56 bits per heavy atom. The maximum absolute atomic E-state index is 12.2. The van der Waals surface area contributed by atoms with Gasteiger partial charge in [0.1, 0.15) is 0 Å². The predicted molar refractivity (Wildman–Crippen MR) is 70.6 cm³/mol. The van der Waals surface area contributed by atoms with Gasteiger partial charge in [0.05, 0.1) is 5.41 Å². The van der Waals surface area contributed by atoms with Crippen LogP contribution in [0.3, 0.4) is 0 Å². The minimum absolute atomic E-state index is 0.177. The molecule has 0 aliphatic heterocycles. The van der Waals surface area contributed by atoms with E-state index in [1.165, 1.54) is 6.42 Å². The van der Waals surface area contributed by atoms with Crippen molar-refractivity contribution < 1.29 is 4.79 Å². The zero-order valence-electron chi connectivity index (χ0n) is 10.4. The molecule has 0 aromatic heterocycles. The molecule has 1 aliphatic rings. The minimum Gasteiger partial charge on any atom is -0.352 e. The molecule has 4 heteroatoms. The Balaban J connectivity index is 2.54. The van der Waals surface area contributed by atoms with Crippen LogP contribution in [0.15, 0.2) is 0 Å².